The zero-order valence-electron chi connectivity index (χ0n) is 18.6. The van der Waals surface area contributed by atoms with Gasteiger partial charge in [-0.15, -0.1) is 0 Å². The Hall–Kier alpha value is -2.71. The molecule has 7 heteroatoms. The molecule has 3 heterocycles. The van der Waals surface area contributed by atoms with Gasteiger partial charge in [0.2, 0.25) is 0 Å². The Morgan fingerprint density at radius 1 is 1.06 bits per heavy atom. The largest absolute Gasteiger partial charge is 0.365 e. The van der Waals surface area contributed by atoms with E-state index in [2.05, 4.69) is 33.6 Å². The van der Waals surface area contributed by atoms with E-state index in [4.69, 9.17) is 9.57 Å². The maximum atomic E-state index is 13.8. The van der Waals surface area contributed by atoms with Crippen molar-refractivity contribution in [2.45, 2.75) is 37.6 Å². The summed E-state index contributed by atoms with van der Waals surface area (Å²) in [7, 11) is 1.51. The molecular formula is C26H27F2N3O2. The first kappa shape index (κ1) is 22.1. The fourth-order valence-electron chi connectivity index (χ4n) is 4.95. The van der Waals surface area contributed by atoms with Gasteiger partial charge in [0, 0.05) is 37.6 Å². The Kier molecular flexibility index (Phi) is 6.21. The Bertz CT molecular complexity index is 1110. The van der Waals surface area contributed by atoms with E-state index in [1.807, 2.05) is 24.5 Å². The van der Waals surface area contributed by atoms with Crippen LogP contribution in [0, 0.1) is 11.6 Å². The molecule has 2 aliphatic rings. The molecule has 0 amide bonds. The van der Waals surface area contributed by atoms with Gasteiger partial charge in [-0.05, 0) is 53.3 Å². The second-order valence-electron chi connectivity index (χ2n) is 8.76. The molecule has 1 unspecified atom stereocenters. The summed E-state index contributed by atoms with van der Waals surface area (Å²) in [6.07, 6.45) is 5.72. The minimum absolute atomic E-state index is 0.187. The monoisotopic (exact) mass is 451 g/mol. The molecule has 2 aromatic carbocycles. The fraction of sp³-hybridized carbons (Fsp3) is 0.346. The Balaban J connectivity index is 1.24. The van der Waals surface area contributed by atoms with Gasteiger partial charge in [-0.3, -0.25) is 9.88 Å². The van der Waals surface area contributed by atoms with E-state index >= 15 is 0 Å². The number of ether oxygens (including phenoxy) is 1. The molecule has 0 saturated carbocycles. The van der Waals surface area contributed by atoms with Crippen LogP contribution in [-0.4, -0.2) is 30.1 Å². The molecule has 3 aromatic rings. The van der Waals surface area contributed by atoms with Crippen molar-refractivity contribution in [3.63, 3.8) is 0 Å². The summed E-state index contributed by atoms with van der Waals surface area (Å²) in [4.78, 5) is 11.9. The first-order valence-electron chi connectivity index (χ1n) is 11.2. The average molecular weight is 452 g/mol. The fourth-order valence-corrected chi connectivity index (χ4v) is 4.95. The summed E-state index contributed by atoms with van der Waals surface area (Å²) < 4.78 is 33.3. The number of hydrogen-bond donors (Lipinski definition) is 1. The highest BCUT2D eigenvalue weighted by Crippen LogP contribution is 2.43. The van der Waals surface area contributed by atoms with Gasteiger partial charge in [0.15, 0.2) is 11.6 Å². The van der Waals surface area contributed by atoms with Crippen LogP contribution in [-0.2, 0) is 28.3 Å². The van der Waals surface area contributed by atoms with Gasteiger partial charge in [0.05, 0.1) is 25.4 Å². The van der Waals surface area contributed by atoms with Crippen molar-refractivity contribution in [1.82, 2.24) is 15.4 Å². The zero-order chi connectivity index (χ0) is 22.8. The van der Waals surface area contributed by atoms with Crippen LogP contribution < -0.4 is 5.48 Å². The van der Waals surface area contributed by atoms with Gasteiger partial charge in [0.1, 0.15) is 0 Å². The molecule has 172 valence electrons. The van der Waals surface area contributed by atoms with Gasteiger partial charge in [0.25, 0.3) is 0 Å². The smallest absolute Gasteiger partial charge is 0.159 e. The van der Waals surface area contributed by atoms with Gasteiger partial charge in [-0.1, -0.05) is 30.3 Å². The molecule has 1 N–H and O–H groups in total. The van der Waals surface area contributed by atoms with Crippen molar-refractivity contribution in [3.8, 4) is 0 Å². The maximum absolute atomic E-state index is 13.8. The lowest BCUT2D eigenvalue weighted by atomic mass is 9.84. The number of benzene rings is 2. The summed E-state index contributed by atoms with van der Waals surface area (Å²) in [5, 5.41) is 0. The Morgan fingerprint density at radius 2 is 1.82 bits per heavy atom. The van der Waals surface area contributed by atoms with Crippen LogP contribution in [0.1, 0.15) is 46.7 Å². The number of hydrogen-bond acceptors (Lipinski definition) is 5. The lowest BCUT2D eigenvalue weighted by Gasteiger charge is -2.39. The number of fused-ring (bicyclic) bond motifs is 2. The highest BCUT2D eigenvalue weighted by atomic mass is 19.2. The lowest BCUT2D eigenvalue weighted by Crippen LogP contribution is -2.42. The number of aromatic nitrogens is 1. The average Bonchev–Trinajstić information content (AvgIpc) is 3.20. The normalized spacial score (nSPS) is 18.4. The van der Waals surface area contributed by atoms with Gasteiger partial charge < -0.3 is 9.57 Å². The van der Waals surface area contributed by atoms with Crippen molar-refractivity contribution in [2.24, 2.45) is 0 Å². The molecule has 0 aliphatic carbocycles. The SMILES string of the molecule is CONC(c1ccc(CN2CCC3(CC2)OCc2ccncc23)cc1)c1ccc(F)c(F)c1. The Morgan fingerprint density at radius 3 is 2.55 bits per heavy atom. The molecule has 1 atom stereocenters. The molecule has 1 aromatic heterocycles. The van der Waals surface area contributed by atoms with E-state index in [1.165, 1.54) is 29.9 Å². The number of nitrogens with zero attached hydrogens (tertiary/aromatic N) is 2. The van der Waals surface area contributed by atoms with E-state index in [0.717, 1.165) is 44.1 Å². The van der Waals surface area contributed by atoms with Gasteiger partial charge >= 0.3 is 0 Å². The highest BCUT2D eigenvalue weighted by molar-refractivity contribution is 5.35. The molecule has 1 saturated heterocycles. The number of halogens is 2. The number of nitrogens with one attached hydrogen (secondary N) is 1. The summed E-state index contributed by atoms with van der Waals surface area (Å²) >= 11 is 0. The van der Waals surface area contributed by atoms with Crippen LogP contribution in [0.4, 0.5) is 8.78 Å². The van der Waals surface area contributed by atoms with Crippen LogP contribution in [0.2, 0.25) is 0 Å². The molecule has 0 bridgehead atoms. The van der Waals surface area contributed by atoms with Crippen LogP contribution in [0.15, 0.2) is 60.9 Å². The third-order valence-electron chi connectivity index (χ3n) is 6.80. The van der Waals surface area contributed by atoms with Crippen LogP contribution >= 0.6 is 0 Å². The zero-order valence-corrected chi connectivity index (χ0v) is 18.6. The van der Waals surface area contributed by atoms with Crippen molar-refractivity contribution >= 4 is 0 Å². The molecule has 1 fully saturated rings. The molecular weight excluding hydrogens is 424 g/mol. The molecule has 33 heavy (non-hydrogen) atoms. The highest BCUT2D eigenvalue weighted by Gasteiger charge is 2.42. The third kappa shape index (κ3) is 4.42. The summed E-state index contributed by atoms with van der Waals surface area (Å²) in [5.74, 6) is -1.74. The van der Waals surface area contributed by atoms with Crippen LogP contribution in [0.25, 0.3) is 0 Å². The number of likely N-dealkylation sites (tertiary alicyclic amines) is 1. The molecule has 1 spiro atoms. The Labute approximate surface area is 192 Å². The number of pyridine rings is 1. The first-order valence-corrected chi connectivity index (χ1v) is 11.2. The minimum Gasteiger partial charge on any atom is -0.365 e. The predicted molar refractivity (Wildman–Crippen MR) is 120 cm³/mol. The van der Waals surface area contributed by atoms with Crippen LogP contribution in [0.5, 0.6) is 0 Å². The van der Waals surface area contributed by atoms with Crippen LogP contribution in [0.3, 0.4) is 0 Å². The second-order valence-corrected chi connectivity index (χ2v) is 8.76. The predicted octanol–water partition coefficient (Wildman–Crippen LogP) is 4.62. The summed E-state index contributed by atoms with van der Waals surface area (Å²) in [6, 6.07) is 13.7. The van der Waals surface area contributed by atoms with Crippen molar-refractivity contribution in [2.75, 3.05) is 20.2 Å². The van der Waals surface area contributed by atoms with Crippen molar-refractivity contribution in [1.29, 1.82) is 0 Å². The topological polar surface area (TPSA) is 46.6 Å². The minimum atomic E-state index is -0.875. The van der Waals surface area contributed by atoms with E-state index in [1.54, 1.807) is 6.07 Å². The van der Waals surface area contributed by atoms with Crippen molar-refractivity contribution in [3.05, 3.63) is 100 Å². The van der Waals surface area contributed by atoms with E-state index in [-0.39, 0.29) is 5.60 Å². The van der Waals surface area contributed by atoms with Gasteiger partial charge in [-0.2, -0.15) is 5.48 Å². The quantitative estimate of drug-likeness (QED) is 0.554. The summed E-state index contributed by atoms with van der Waals surface area (Å²) in [6.45, 7) is 3.44. The van der Waals surface area contributed by atoms with E-state index < -0.39 is 17.7 Å². The molecule has 5 rings (SSSR count). The van der Waals surface area contributed by atoms with E-state index in [0.29, 0.717) is 12.2 Å². The standard InChI is InChI=1S/C26H27F2N3O2/c1-32-30-25(20-6-7-23(27)24(28)14-20)19-4-2-18(3-5-19)16-31-12-9-26(10-13-31)22-15-29-11-8-21(22)17-33-26/h2-8,11,14-15,25,30H,9-10,12-13,16-17H2,1H3. The number of piperidine rings is 1. The molecule has 0 radical (unpaired) electrons. The molecule has 2 aliphatic heterocycles. The number of hydroxylamine groups is 1. The first-order chi connectivity index (χ1) is 16.1. The molecule has 5 nitrogen and oxygen atoms in total. The summed E-state index contributed by atoms with van der Waals surface area (Å²) in [5.41, 5.74) is 7.91. The third-order valence-corrected chi connectivity index (χ3v) is 6.80. The van der Waals surface area contributed by atoms with E-state index in [9.17, 15) is 8.78 Å². The van der Waals surface area contributed by atoms with Gasteiger partial charge in [-0.25, -0.2) is 8.78 Å². The number of rotatable bonds is 6. The lowest BCUT2D eigenvalue weighted by molar-refractivity contribution is -0.0800. The van der Waals surface area contributed by atoms with Crippen molar-refractivity contribution < 1.29 is 18.4 Å². The maximum Gasteiger partial charge on any atom is 0.159 e. The second kappa shape index (κ2) is 9.27.